The first-order chi connectivity index (χ1) is 10.7. The van der Waals surface area contributed by atoms with Gasteiger partial charge in [-0.2, -0.15) is 0 Å². The Morgan fingerprint density at radius 1 is 1.26 bits per heavy atom. The number of ether oxygens (including phenoxy) is 2. The topological polar surface area (TPSA) is 64.6 Å². The maximum atomic E-state index is 12.1. The van der Waals surface area contributed by atoms with Crippen molar-refractivity contribution in [3.05, 3.63) is 29.8 Å². The normalized spacial score (nSPS) is 11.7. The highest BCUT2D eigenvalue weighted by molar-refractivity contribution is 5.93. The van der Waals surface area contributed by atoms with E-state index in [0.717, 1.165) is 12.1 Å². The number of esters is 1. The summed E-state index contributed by atoms with van der Waals surface area (Å²) in [6.45, 7) is 1.47. The van der Waals surface area contributed by atoms with Gasteiger partial charge in [-0.1, -0.05) is 18.1 Å². The minimum atomic E-state index is -4.79. The molecule has 1 rings (SSSR count). The number of carbonyl (C=O) groups is 2. The number of benzene rings is 1. The molecule has 0 spiro atoms. The molecule has 8 heteroatoms. The number of methoxy groups -OCH3 is 1. The molecule has 1 aromatic carbocycles. The third kappa shape index (κ3) is 6.74. The molecule has 1 aromatic rings. The van der Waals surface area contributed by atoms with E-state index in [1.54, 1.807) is 0 Å². The fraction of sp³-hybridized carbons (Fsp3) is 0.333. The molecule has 0 saturated heterocycles. The van der Waals surface area contributed by atoms with Crippen LogP contribution in [-0.2, 0) is 14.3 Å². The number of rotatable bonds is 5. The highest BCUT2D eigenvalue weighted by atomic mass is 19.4. The summed E-state index contributed by atoms with van der Waals surface area (Å²) in [6.07, 6.45) is -4.98. The van der Waals surface area contributed by atoms with E-state index in [9.17, 15) is 22.8 Å². The summed E-state index contributed by atoms with van der Waals surface area (Å²) in [6, 6.07) is 4.02. The molecule has 0 fully saturated rings. The monoisotopic (exact) mass is 329 g/mol. The highest BCUT2D eigenvalue weighted by Crippen LogP contribution is 2.25. The van der Waals surface area contributed by atoms with Crippen molar-refractivity contribution in [2.24, 2.45) is 0 Å². The standard InChI is InChI=1S/C15H14F3NO4/c1-3-4-13(20)19-12(9-14(21)22-2)10-5-7-11(8-6-10)23-15(16,17)18/h5-8,12H,9H2,1-2H3,(H,19,20). The summed E-state index contributed by atoms with van der Waals surface area (Å²) in [4.78, 5) is 22.9. The lowest BCUT2D eigenvalue weighted by molar-refractivity contribution is -0.274. The van der Waals surface area contributed by atoms with Crippen molar-refractivity contribution >= 4 is 11.9 Å². The van der Waals surface area contributed by atoms with Gasteiger partial charge in [0.15, 0.2) is 0 Å². The average molecular weight is 329 g/mol. The zero-order valence-electron chi connectivity index (χ0n) is 12.4. The van der Waals surface area contributed by atoms with E-state index in [1.807, 2.05) is 0 Å². The SMILES string of the molecule is CC#CC(=O)NC(CC(=O)OC)c1ccc(OC(F)(F)F)cc1. The molecular weight excluding hydrogens is 315 g/mol. The van der Waals surface area contributed by atoms with Gasteiger partial charge >= 0.3 is 12.3 Å². The summed E-state index contributed by atoms with van der Waals surface area (Å²) in [5.74, 6) is 3.05. The summed E-state index contributed by atoms with van der Waals surface area (Å²) in [7, 11) is 1.19. The van der Waals surface area contributed by atoms with Gasteiger partial charge in [-0.15, -0.1) is 13.2 Å². The van der Waals surface area contributed by atoms with E-state index < -0.39 is 30.0 Å². The third-order valence-corrected chi connectivity index (χ3v) is 2.66. The van der Waals surface area contributed by atoms with Crippen molar-refractivity contribution < 1.29 is 32.2 Å². The predicted octanol–water partition coefficient (Wildman–Crippen LogP) is 2.33. The lowest BCUT2D eigenvalue weighted by atomic mass is 10.0. The number of hydrogen-bond donors (Lipinski definition) is 1. The fourth-order valence-corrected chi connectivity index (χ4v) is 1.71. The average Bonchev–Trinajstić information content (AvgIpc) is 2.45. The Hall–Kier alpha value is -2.69. The number of amides is 1. The van der Waals surface area contributed by atoms with Crippen LogP contribution in [0.15, 0.2) is 24.3 Å². The molecule has 1 atom stereocenters. The van der Waals surface area contributed by atoms with Crippen molar-refractivity contribution in [2.75, 3.05) is 7.11 Å². The van der Waals surface area contributed by atoms with Crippen LogP contribution in [0, 0.1) is 11.8 Å². The molecule has 0 aliphatic heterocycles. The molecule has 0 heterocycles. The van der Waals surface area contributed by atoms with Crippen LogP contribution in [0.1, 0.15) is 24.9 Å². The third-order valence-electron chi connectivity index (χ3n) is 2.66. The van der Waals surface area contributed by atoms with Crippen LogP contribution >= 0.6 is 0 Å². The summed E-state index contributed by atoms with van der Waals surface area (Å²) in [5.41, 5.74) is 0.413. The van der Waals surface area contributed by atoms with Crippen LogP contribution in [0.3, 0.4) is 0 Å². The van der Waals surface area contributed by atoms with Gasteiger partial charge in [-0.05, 0) is 30.5 Å². The maximum Gasteiger partial charge on any atom is 0.573 e. The number of carbonyl (C=O) groups excluding carboxylic acids is 2. The molecule has 1 N–H and O–H groups in total. The summed E-state index contributed by atoms with van der Waals surface area (Å²) >= 11 is 0. The molecule has 0 aromatic heterocycles. The first-order valence-electron chi connectivity index (χ1n) is 6.41. The smallest absolute Gasteiger partial charge is 0.469 e. The largest absolute Gasteiger partial charge is 0.573 e. The number of alkyl halides is 3. The Bertz CT molecular complexity index is 614. The fourth-order valence-electron chi connectivity index (χ4n) is 1.71. The Kier molecular flexibility index (Phi) is 6.45. The van der Waals surface area contributed by atoms with Gasteiger partial charge in [0.05, 0.1) is 19.6 Å². The van der Waals surface area contributed by atoms with Crippen molar-refractivity contribution in [3.63, 3.8) is 0 Å². The highest BCUT2D eigenvalue weighted by Gasteiger charge is 2.31. The molecule has 1 amide bonds. The lowest BCUT2D eigenvalue weighted by Gasteiger charge is -2.17. The molecule has 5 nitrogen and oxygen atoms in total. The lowest BCUT2D eigenvalue weighted by Crippen LogP contribution is -2.29. The molecule has 0 bridgehead atoms. The molecule has 23 heavy (non-hydrogen) atoms. The Morgan fingerprint density at radius 2 is 1.87 bits per heavy atom. The maximum absolute atomic E-state index is 12.1. The number of halogens is 3. The minimum Gasteiger partial charge on any atom is -0.469 e. The second-order valence-corrected chi connectivity index (χ2v) is 4.30. The van der Waals surface area contributed by atoms with Gasteiger partial charge < -0.3 is 14.8 Å². The molecular formula is C15H14F3NO4. The van der Waals surface area contributed by atoms with Crippen LogP contribution in [0.5, 0.6) is 5.75 Å². The van der Waals surface area contributed by atoms with Crippen LogP contribution in [0.25, 0.3) is 0 Å². The summed E-state index contributed by atoms with van der Waals surface area (Å²) in [5, 5.41) is 2.49. The zero-order valence-corrected chi connectivity index (χ0v) is 12.4. The van der Waals surface area contributed by atoms with Gasteiger partial charge in [0.2, 0.25) is 0 Å². The first kappa shape index (κ1) is 18.4. The zero-order chi connectivity index (χ0) is 17.5. The van der Waals surface area contributed by atoms with E-state index in [4.69, 9.17) is 0 Å². The number of nitrogens with one attached hydrogen (secondary N) is 1. The van der Waals surface area contributed by atoms with E-state index in [1.165, 1.54) is 26.2 Å². The van der Waals surface area contributed by atoms with E-state index in [0.29, 0.717) is 5.56 Å². The Balaban J connectivity index is 2.93. The van der Waals surface area contributed by atoms with Gasteiger partial charge in [0.1, 0.15) is 5.75 Å². The first-order valence-corrected chi connectivity index (χ1v) is 6.41. The predicted molar refractivity (Wildman–Crippen MR) is 74.1 cm³/mol. The van der Waals surface area contributed by atoms with Crippen molar-refractivity contribution in [2.45, 2.75) is 25.7 Å². The van der Waals surface area contributed by atoms with Crippen LogP contribution < -0.4 is 10.1 Å². The molecule has 124 valence electrons. The van der Waals surface area contributed by atoms with Gasteiger partial charge in [-0.25, -0.2) is 0 Å². The van der Waals surface area contributed by atoms with Gasteiger partial charge in [-0.3, -0.25) is 9.59 Å². The minimum absolute atomic E-state index is 0.187. The Labute approximate surface area is 130 Å². The van der Waals surface area contributed by atoms with Gasteiger partial charge in [0, 0.05) is 0 Å². The second kappa shape index (κ2) is 8.08. The second-order valence-electron chi connectivity index (χ2n) is 4.30. The molecule has 0 saturated carbocycles. The van der Waals surface area contributed by atoms with Crippen molar-refractivity contribution in [1.82, 2.24) is 5.32 Å². The van der Waals surface area contributed by atoms with Crippen LogP contribution in [0.2, 0.25) is 0 Å². The molecule has 1 unspecified atom stereocenters. The quantitative estimate of drug-likeness (QED) is 0.665. The van der Waals surface area contributed by atoms with Crippen molar-refractivity contribution in [1.29, 1.82) is 0 Å². The molecule has 0 aliphatic rings. The van der Waals surface area contributed by atoms with Gasteiger partial charge in [0.25, 0.3) is 5.91 Å². The molecule has 0 aliphatic carbocycles. The number of hydrogen-bond acceptors (Lipinski definition) is 4. The van der Waals surface area contributed by atoms with Crippen LogP contribution in [0.4, 0.5) is 13.2 Å². The molecule has 0 radical (unpaired) electrons. The van der Waals surface area contributed by atoms with E-state index >= 15 is 0 Å². The van der Waals surface area contributed by atoms with Crippen LogP contribution in [-0.4, -0.2) is 25.3 Å². The van der Waals surface area contributed by atoms with E-state index in [2.05, 4.69) is 26.6 Å². The Morgan fingerprint density at radius 3 is 2.35 bits per heavy atom. The van der Waals surface area contributed by atoms with Crippen molar-refractivity contribution in [3.8, 4) is 17.6 Å². The summed E-state index contributed by atoms with van der Waals surface area (Å²) < 4.78 is 44.6. The van der Waals surface area contributed by atoms with E-state index in [-0.39, 0.29) is 6.42 Å².